The minimum absolute atomic E-state index is 0.0463. The summed E-state index contributed by atoms with van der Waals surface area (Å²) in [6, 6.07) is 8.48. The molecule has 33 heavy (non-hydrogen) atoms. The second-order valence-electron chi connectivity index (χ2n) is 8.08. The fourth-order valence-electron chi connectivity index (χ4n) is 4.26. The number of benzene rings is 2. The van der Waals surface area contributed by atoms with Crippen LogP contribution in [0.25, 0.3) is 22.3 Å². The summed E-state index contributed by atoms with van der Waals surface area (Å²) in [6.07, 6.45) is -4.05. The van der Waals surface area contributed by atoms with Crippen molar-refractivity contribution in [2.24, 2.45) is 0 Å². The van der Waals surface area contributed by atoms with Gasteiger partial charge in [-0.2, -0.15) is 0 Å². The number of phenolic OH excluding ortho intramolecular Hbond substituents is 2. The van der Waals surface area contributed by atoms with Crippen LogP contribution in [0.4, 0.5) is 0 Å². The molecule has 1 spiro atoms. The summed E-state index contributed by atoms with van der Waals surface area (Å²) in [6.45, 7) is 0.916. The van der Waals surface area contributed by atoms with Gasteiger partial charge in [0.25, 0.3) is 0 Å². The molecule has 0 amide bonds. The van der Waals surface area contributed by atoms with E-state index in [1.165, 1.54) is 31.2 Å². The highest BCUT2D eigenvalue weighted by Gasteiger charge is 2.60. The molecular formula is C23H20O10. The van der Waals surface area contributed by atoms with Crippen molar-refractivity contribution in [3.8, 4) is 28.6 Å². The van der Waals surface area contributed by atoms with Crippen LogP contribution in [0.3, 0.4) is 0 Å². The molecule has 1 saturated heterocycles. The van der Waals surface area contributed by atoms with E-state index in [0.717, 1.165) is 0 Å². The lowest BCUT2D eigenvalue weighted by atomic mass is 9.98. The van der Waals surface area contributed by atoms with Gasteiger partial charge < -0.3 is 39.1 Å². The summed E-state index contributed by atoms with van der Waals surface area (Å²) in [5.41, 5.74) is 0.430. The maximum absolute atomic E-state index is 12.8. The SMILES string of the molecule is CC(=O)OC[C@H]1O[C@]2(Cc3c(cc(O)c4c(=O)cc(-c5ccc(O)cc5)oc34)O2)[C@H](O)[C@@H]1O. The zero-order valence-electron chi connectivity index (χ0n) is 17.3. The number of carbonyl (C=O) groups excluding carboxylic acids is 1. The Labute approximate surface area is 186 Å². The highest BCUT2D eigenvalue weighted by atomic mass is 16.7. The largest absolute Gasteiger partial charge is 0.508 e. The van der Waals surface area contributed by atoms with Crippen LogP contribution in [-0.2, 0) is 20.7 Å². The number of aromatic hydroxyl groups is 2. The first-order valence-corrected chi connectivity index (χ1v) is 10.2. The highest BCUT2D eigenvalue weighted by molar-refractivity contribution is 5.90. The normalized spacial score (nSPS) is 25.8. The molecule has 0 radical (unpaired) electrons. The van der Waals surface area contributed by atoms with Crippen LogP contribution in [0.15, 0.2) is 45.6 Å². The molecule has 0 saturated carbocycles. The van der Waals surface area contributed by atoms with Crippen molar-refractivity contribution < 1.29 is 43.8 Å². The standard InChI is InChI=1S/C23H20O10/c1-10(24)30-9-18-20(28)22(29)23(33-18)8-13-17(32-23)7-15(27)19-14(26)6-16(31-21(13)19)11-2-4-12(25)5-3-11/h2-7,18,20,22,25,27-29H,8-9H2,1H3/t18-,20-,22-,23-/m1/s1. The van der Waals surface area contributed by atoms with Crippen molar-refractivity contribution in [3.63, 3.8) is 0 Å². The lowest BCUT2D eigenvalue weighted by molar-refractivity contribution is -0.202. The van der Waals surface area contributed by atoms with Crippen molar-refractivity contribution >= 4 is 16.9 Å². The van der Waals surface area contributed by atoms with E-state index in [-0.39, 0.29) is 47.0 Å². The van der Waals surface area contributed by atoms with E-state index >= 15 is 0 Å². The van der Waals surface area contributed by atoms with Gasteiger partial charge >= 0.3 is 5.97 Å². The molecule has 10 nitrogen and oxygen atoms in total. The summed E-state index contributed by atoms with van der Waals surface area (Å²) in [4.78, 5) is 23.9. The first kappa shape index (κ1) is 21.3. The number of aliphatic hydroxyl groups is 2. The molecule has 172 valence electrons. The number of fused-ring (bicyclic) bond motifs is 3. The second-order valence-corrected chi connectivity index (χ2v) is 8.08. The van der Waals surface area contributed by atoms with Crippen molar-refractivity contribution in [1.29, 1.82) is 0 Å². The zero-order valence-corrected chi connectivity index (χ0v) is 17.3. The Hall–Kier alpha value is -3.60. The average molecular weight is 456 g/mol. The lowest BCUT2D eigenvalue weighted by Gasteiger charge is -2.26. The fraction of sp³-hybridized carbons (Fsp3) is 0.304. The van der Waals surface area contributed by atoms with Gasteiger partial charge in [0, 0.05) is 36.6 Å². The third-order valence-corrected chi connectivity index (χ3v) is 5.86. The summed E-state index contributed by atoms with van der Waals surface area (Å²) < 4.78 is 22.5. The lowest BCUT2D eigenvalue weighted by Crippen LogP contribution is -2.47. The van der Waals surface area contributed by atoms with Crippen LogP contribution < -0.4 is 10.2 Å². The molecule has 5 rings (SSSR count). The molecular weight excluding hydrogens is 436 g/mol. The topological polar surface area (TPSA) is 156 Å². The van der Waals surface area contributed by atoms with E-state index < -0.39 is 35.5 Å². The van der Waals surface area contributed by atoms with Crippen LogP contribution in [-0.4, -0.2) is 57.1 Å². The molecule has 2 aliphatic rings. The fourth-order valence-corrected chi connectivity index (χ4v) is 4.26. The maximum atomic E-state index is 12.8. The van der Waals surface area contributed by atoms with Gasteiger partial charge in [0.05, 0.1) is 0 Å². The Balaban J connectivity index is 1.58. The molecule has 4 N–H and O–H groups in total. The van der Waals surface area contributed by atoms with Crippen LogP contribution >= 0.6 is 0 Å². The molecule has 3 aromatic rings. The third-order valence-electron chi connectivity index (χ3n) is 5.86. The van der Waals surface area contributed by atoms with Crippen molar-refractivity contribution in [2.45, 2.75) is 37.4 Å². The predicted octanol–water partition coefficient (Wildman–Crippen LogP) is 1.19. The molecule has 2 aliphatic heterocycles. The minimum atomic E-state index is -1.72. The maximum Gasteiger partial charge on any atom is 0.302 e. The number of hydrogen-bond acceptors (Lipinski definition) is 10. The number of phenols is 2. The zero-order chi connectivity index (χ0) is 23.5. The van der Waals surface area contributed by atoms with Gasteiger partial charge in [-0.3, -0.25) is 9.59 Å². The van der Waals surface area contributed by atoms with Crippen LogP contribution in [0.5, 0.6) is 17.2 Å². The van der Waals surface area contributed by atoms with E-state index in [1.807, 2.05) is 0 Å². The van der Waals surface area contributed by atoms with Gasteiger partial charge in [-0.15, -0.1) is 0 Å². The Morgan fingerprint density at radius 1 is 1.18 bits per heavy atom. The first-order chi connectivity index (χ1) is 15.7. The van der Waals surface area contributed by atoms with Crippen molar-refractivity contribution in [2.75, 3.05) is 6.61 Å². The Bertz CT molecular complexity index is 1310. The summed E-state index contributed by atoms with van der Waals surface area (Å²) in [5.74, 6) is -2.31. The molecule has 10 heteroatoms. The first-order valence-electron chi connectivity index (χ1n) is 10.2. The Morgan fingerprint density at radius 2 is 1.91 bits per heavy atom. The molecule has 1 fully saturated rings. The Morgan fingerprint density at radius 3 is 2.61 bits per heavy atom. The van der Waals surface area contributed by atoms with Crippen LogP contribution in [0, 0.1) is 0 Å². The molecule has 1 aromatic heterocycles. The van der Waals surface area contributed by atoms with E-state index in [0.29, 0.717) is 11.1 Å². The number of hydrogen-bond donors (Lipinski definition) is 4. The van der Waals surface area contributed by atoms with Gasteiger partial charge in [-0.05, 0) is 24.3 Å². The van der Waals surface area contributed by atoms with Crippen molar-refractivity contribution in [1.82, 2.24) is 0 Å². The quantitative estimate of drug-likeness (QED) is 0.422. The molecule has 3 heterocycles. The summed E-state index contributed by atoms with van der Waals surface area (Å²) in [5, 5.41) is 41.0. The van der Waals surface area contributed by atoms with E-state index in [1.54, 1.807) is 12.1 Å². The van der Waals surface area contributed by atoms with E-state index in [9.17, 15) is 30.0 Å². The average Bonchev–Trinajstić information content (AvgIpc) is 3.25. The van der Waals surface area contributed by atoms with E-state index in [2.05, 4.69) is 0 Å². The van der Waals surface area contributed by atoms with Gasteiger partial charge in [-0.25, -0.2) is 0 Å². The molecule has 0 bridgehead atoms. The third kappa shape index (κ3) is 3.39. The van der Waals surface area contributed by atoms with Gasteiger partial charge in [0.15, 0.2) is 5.43 Å². The highest BCUT2D eigenvalue weighted by Crippen LogP contribution is 2.48. The van der Waals surface area contributed by atoms with Crippen molar-refractivity contribution in [3.05, 3.63) is 52.2 Å². The van der Waals surface area contributed by atoms with Gasteiger partial charge in [-0.1, -0.05) is 0 Å². The Kier molecular flexibility index (Phi) is 4.82. The number of aliphatic hydroxyl groups excluding tert-OH is 2. The van der Waals surface area contributed by atoms with E-state index in [4.69, 9.17) is 18.6 Å². The number of carbonyl (C=O) groups is 1. The summed E-state index contributed by atoms with van der Waals surface area (Å²) in [7, 11) is 0. The smallest absolute Gasteiger partial charge is 0.302 e. The minimum Gasteiger partial charge on any atom is -0.508 e. The van der Waals surface area contributed by atoms with Crippen LogP contribution in [0.1, 0.15) is 12.5 Å². The van der Waals surface area contributed by atoms with Gasteiger partial charge in [0.1, 0.15) is 58.9 Å². The number of esters is 1. The monoisotopic (exact) mass is 456 g/mol. The second kappa shape index (κ2) is 7.48. The molecule has 2 aromatic carbocycles. The number of rotatable bonds is 3. The van der Waals surface area contributed by atoms with Gasteiger partial charge in [0.2, 0.25) is 5.79 Å². The number of ether oxygens (including phenoxy) is 3. The molecule has 0 unspecified atom stereocenters. The molecule has 4 atom stereocenters. The van der Waals surface area contributed by atoms with Crippen LogP contribution in [0.2, 0.25) is 0 Å². The predicted molar refractivity (Wildman–Crippen MR) is 112 cm³/mol. The summed E-state index contributed by atoms with van der Waals surface area (Å²) >= 11 is 0. The molecule has 0 aliphatic carbocycles.